The summed E-state index contributed by atoms with van der Waals surface area (Å²) in [6, 6.07) is 24.2. The number of aromatic nitrogens is 7. The van der Waals surface area contributed by atoms with Gasteiger partial charge in [-0.15, -0.1) is 5.10 Å². The third-order valence-corrected chi connectivity index (χ3v) is 6.53. The highest BCUT2D eigenvalue weighted by Gasteiger charge is 2.38. The molecule has 0 fully saturated rings. The molecule has 7 rings (SSSR count). The lowest BCUT2D eigenvalue weighted by atomic mass is 9.84. The summed E-state index contributed by atoms with van der Waals surface area (Å²) < 4.78 is 10.0. The number of benzene rings is 2. The van der Waals surface area contributed by atoms with Gasteiger partial charge in [0.1, 0.15) is 12.0 Å². The second-order valence-corrected chi connectivity index (χ2v) is 8.88. The molecule has 174 valence electrons. The molecule has 0 unspecified atom stereocenters. The number of ether oxygens (including phenoxy) is 1. The lowest BCUT2D eigenvalue weighted by Gasteiger charge is -2.26. The fourth-order valence-electron chi connectivity index (χ4n) is 4.82. The van der Waals surface area contributed by atoms with Gasteiger partial charge in [-0.2, -0.15) is 5.10 Å². The minimum absolute atomic E-state index is 0.182. The van der Waals surface area contributed by atoms with Crippen LogP contribution in [0.3, 0.4) is 0 Å². The van der Waals surface area contributed by atoms with E-state index in [4.69, 9.17) is 14.8 Å². The largest absolute Gasteiger partial charge is 0.420 e. The minimum atomic E-state index is -0.182. The molecule has 6 aromatic rings. The number of para-hydroxylation sites is 1. The summed E-state index contributed by atoms with van der Waals surface area (Å²) in [5.41, 5.74) is 7.35. The monoisotopic (exact) mass is 471 g/mol. The van der Waals surface area contributed by atoms with Crippen molar-refractivity contribution in [2.24, 2.45) is 0 Å². The van der Waals surface area contributed by atoms with Crippen LogP contribution in [0.25, 0.3) is 22.9 Å². The third-order valence-electron chi connectivity index (χ3n) is 6.53. The Morgan fingerprint density at radius 2 is 1.61 bits per heavy atom. The van der Waals surface area contributed by atoms with Crippen LogP contribution in [0.5, 0.6) is 11.8 Å². The first kappa shape index (κ1) is 20.5. The van der Waals surface area contributed by atoms with Gasteiger partial charge in [0.05, 0.1) is 28.4 Å². The number of nitrogens with zero attached hydrogens (tertiary/aromatic N) is 7. The molecule has 0 saturated carbocycles. The first-order valence-corrected chi connectivity index (χ1v) is 11.7. The second kappa shape index (κ2) is 7.84. The van der Waals surface area contributed by atoms with Crippen molar-refractivity contribution >= 4 is 5.65 Å². The Bertz CT molecular complexity index is 1720. The summed E-state index contributed by atoms with van der Waals surface area (Å²) in [5, 5.41) is 9.55. The van der Waals surface area contributed by atoms with Gasteiger partial charge in [0.15, 0.2) is 5.65 Å². The Kier molecular flexibility index (Phi) is 4.47. The smallest absolute Gasteiger partial charge is 0.230 e. The molecule has 1 atom stereocenters. The number of pyridine rings is 1. The Labute approximate surface area is 206 Å². The van der Waals surface area contributed by atoms with Crippen molar-refractivity contribution in [2.75, 3.05) is 0 Å². The minimum Gasteiger partial charge on any atom is -0.420 e. The molecule has 36 heavy (non-hydrogen) atoms. The van der Waals surface area contributed by atoms with E-state index in [0.717, 1.165) is 28.1 Å². The standard InChI is InChI=1S/C28H21N7O/c1-17-11-13-19(14-12-17)23-22-18(2)32-35(20-8-4-3-5-9-20)28(22)36-27-24(23)26-31-25(33-34(26)16-30-27)21-10-6-7-15-29-21/h3-16,23H,1-2H3/t23-/m1/s1. The predicted octanol–water partition coefficient (Wildman–Crippen LogP) is 5.27. The van der Waals surface area contributed by atoms with Gasteiger partial charge in [-0.25, -0.2) is 19.2 Å². The molecule has 8 heteroatoms. The summed E-state index contributed by atoms with van der Waals surface area (Å²) in [6.45, 7) is 4.10. The zero-order valence-electron chi connectivity index (χ0n) is 19.7. The molecule has 0 radical (unpaired) electrons. The quantitative estimate of drug-likeness (QED) is 0.349. The van der Waals surface area contributed by atoms with Crippen molar-refractivity contribution in [1.29, 1.82) is 0 Å². The Morgan fingerprint density at radius 3 is 2.39 bits per heavy atom. The Balaban J connectivity index is 1.50. The van der Waals surface area contributed by atoms with Gasteiger partial charge in [0.25, 0.3) is 0 Å². The maximum Gasteiger partial charge on any atom is 0.230 e. The molecule has 8 nitrogen and oxygen atoms in total. The van der Waals surface area contributed by atoms with Crippen LogP contribution in [0.4, 0.5) is 0 Å². The molecule has 1 aliphatic heterocycles. The van der Waals surface area contributed by atoms with E-state index in [2.05, 4.69) is 46.3 Å². The summed E-state index contributed by atoms with van der Waals surface area (Å²) >= 11 is 0. The molecular formula is C28H21N7O. The third kappa shape index (κ3) is 3.11. The fourth-order valence-corrected chi connectivity index (χ4v) is 4.82. The van der Waals surface area contributed by atoms with Gasteiger partial charge in [-0.1, -0.05) is 54.1 Å². The molecule has 1 aliphatic rings. The van der Waals surface area contributed by atoms with Gasteiger partial charge in [-0.05, 0) is 43.7 Å². The van der Waals surface area contributed by atoms with E-state index in [1.54, 1.807) is 17.0 Å². The maximum atomic E-state index is 6.47. The van der Waals surface area contributed by atoms with E-state index in [-0.39, 0.29) is 5.92 Å². The average molecular weight is 472 g/mol. The Hall–Kier alpha value is -4.85. The highest BCUT2D eigenvalue weighted by Crippen LogP contribution is 2.49. The molecule has 0 spiro atoms. The van der Waals surface area contributed by atoms with Crippen LogP contribution in [0.1, 0.15) is 33.9 Å². The zero-order chi connectivity index (χ0) is 24.2. The average Bonchev–Trinajstić information content (AvgIpc) is 3.50. The van der Waals surface area contributed by atoms with Crippen molar-refractivity contribution < 1.29 is 4.74 Å². The topological polar surface area (TPSA) is 83.0 Å². The summed E-state index contributed by atoms with van der Waals surface area (Å²) in [4.78, 5) is 14.0. The lowest BCUT2D eigenvalue weighted by molar-refractivity contribution is 0.402. The van der Waals surface area contributed by atoms with Gasteiger partial charge in [-0.3, -0.25) is 4.98 Å². The molecule has 5 heterocycles. The van der Waals surface area contributed by atoms with Crippen LogP contribution in [0.2, 0.25) is 0 Å². The maximum absolute atomic E-state index is 6.47. The number of hydrogen-bond acceptors (Lipinski definition) is 6. The lowest BCUT2D eigenvalue weighted by Crippen LogP contribution is -2.16. The van der Waals surface area contributed by atoms with Crippen molar-refractivity contribution in [3.8, 4) is 29.0 Å². The van der Waals surface area contributed by atoms with E-state index < -0.39 is 0 Å². The van der Waals surface area contributed by atoms with Gasteiger partial charge >= 0.3 is 0 Å². The van der Waals surface area contributed by atoms with Gasteiger partial charge < -0.3 is 4.74 Å². The van der Waals surface area contributed by atoms with E-state index in [0.29, 0.717) is 28.9 Å². The first-order chi connectivity index (χ1) is 17.7. The van der Waals surface area contributed by atoms with E-state index in [1.807, 2.05) is 60.1 Å². The normalized spacial score (nSPS) is 14.3. The van der Waals surface area contributed by atoms with Crippen LogP contribution >= 0.6 is 0 Å². The zero-order valence-corrected chi connectivity index (χ0v) is 19.7. The SMILES string of the molecule is Cc1ccc([C@@H]2c3c(C)nn(-c4ccccc4)c3Oc3ncn4nc(-c5ccccn5)nc4c32)cc1. The van der Waals surface area contributed by atoms with Crippen LogP contribution < -0.4 is 4.74 Å². The van der Waals surface area contributed by atoms with Crippen molar-refractivity contribution in [2.45, 2.75) is 19.8 Å². The predicted molar refractivity (Wildman–Crippen MR) is 135 cm³/mol. The summed E-state index contributed by atoms with van der Waals surface area (Å²) in [7, 11) is 0. The van der Waals surface area contributed by atoms with Crippen LogP contribution in [-0.4, -0.2) is 34.3 Å². The van der Waals surface area contributed by atoms with Crippen molar-refractivity contribution in [1.82, 2.24) is 34.3 Å². The highest BCUT2D eigenvalue weighted by atomic mass is 16.5. The van der Waals surface area contributed by atoms with E-state index in [9.17, 15) is 0 Å². The van der Waals surface area contributed by atoms with Crippen LogP contribution in [0, 0.1) is 13.8 Å². The van der Waals surface area contributed by atoms with E-state index >= 15 is 0 Å². The Morgan fingerprint density at radius 1 is 0.806 bits per heavy atom. The number of rotatable bonds is 3. The molecular weight excluding hydrogens is 450 g/mol. The van der Waals surface area contributed by atoms with Gasteiger partial charge in [0, 0.05) is 6.20 Å². The number of hydrogen-bond donors (Lipinski definition) is 0. The molecule has 0 amide bonds. The van der Waals surface area contributed by atoms with Crippen LogP contribution in [0.15, 0.2) is 85.3 Å². The first-order valence-electron chi connectivity index (χ1n) is 11.7. The van der Waals surface area contributed by atoms with Crippen LogP contribution in [-0.2, 0) is 0 Å². The van der Waals surface area contributed by atoms with Crippen molar-refractivity contribution in [3.63, 3.8) is 0 Å². The summed E-state index contributed by atoms with van der Waals surface area (Å²) in [6.07, 6.45) is 3.38. The summed E-state index contributed by atoms with van der Waals surface area (Å²) in [5.74, 6) is 1.52. The van der Waals surface area contributed by atoms with Gasteiger partial charge in [0.2, 0.25) is 17.6 Å². The fraction of sp³-hybridized carbons (Fsp3) is 0.107. The molecule has 0 saturated heterocycles. The molecule has 0 bridgehead atoms. The molecule has 0 aliphatic carbocycles. The number of fused-ring (bicyclic) bond motifs is 4. The molecule has 4 aromatic heterocycles. The molecule has 2 aromatic carbocycles. The van der Waals surface area contributed by atoms with E-state index in [1.165, 1.54) is 5.56 Å². The number of aryl methyl sites for hydroxylation is 2. The van der Waals surface area contributed by atoms with Crippen molar-refractivity contribution in [3.05, 3.63) is 113 Å². The highest BCUT2D eigenvalue weighted by molar-refractivity contribution is 5.68. The second-order valence-electron chi connectivity index (χ2n) is 8.88. The molecule has 0 N–H and O–H groups in total.